The molecule has 1 heterocycles. The minimum atomic E-state index is 0.385. The second kappa shape index (κ2) is 4.49. The second-order valence-corrected chi connectivity index (χ2v) is 3.91. The van der Waals surface area contributed by atoms with E-state index in [0.29, 0.717) is 11.4 Å². The van der Waals surface area contributed by atoms with Crippen molar-refractivity contribution in [2.24, 2.45) is 0 Å². The number of nitrogens with zero attached hydrogens (tertiary/aromatic N) is 2. The molecule has 0 amide bonds. The summed E-state index contributed by atoms with van der Waals surface area (Å²) in [5.41, 5.74) is 2.60. The number of halogens is 1. The van der Waals surface area contributed by atoms with Gasteiger partial charge in [-0.15, -0.1) is 0 Å². The topological polar surface area (TPSA) is 34.9 Å². The normalized spacial score (nSPS) is 10.4. The minimum Gasteiger partial charge on any atom is -0.303 e. The van der Waals surface area contributed by atoms with Crippen LogP contribution in [0, 0.1) is 6.92 Å². The fourth-order valence-electron chi connectivity index (χ4n) is 1.55. The lowest BCUT2D eigenvalue weighted by Gasteiger charge is -2.02. The van der Waals surface area contributed by atoms with E-state index in [-0.39, 0.29) is 0 Å². The van der Waals surface area contributed by atoms with E-state index in [1.54, 1.807) is 4.68 Å². The number of aldehydes is 1. The molecule has 2 rings (SSSR count). The highest BCUT2D eigenvalue weighted by Crippen LogP contribution is 2.20. The number of hydrogen-bond donors (Lipinski definition) is 0. The predicted octanol–water partition coefficient (Wildman–Crippen LogP) is 2.58. The van der Waals surface area contributed by atoms with E-state index in [1.807, 2.05) is 37.4 Å². The van der Waals surface area contributed by atoms with Gasteiger partial charge in [-0.1, -0.05) is 23.7 Å². The Hall–Kier alpha value is -1.61. The predicted molar refractivity (Wildman–Crippen MR) is 63.1 cm³/mol. The van der Waals surface area contributed by atoms with E-state index in [9.17, 15) is 4.79 Å². The zero-order valence-corrected chi connectivity index (χ0v) is 9.61. The summed E-state index contributed by atoms with van der Waals surface area (Å²) in [5.74, 6) is 0. The van der Waals surface area contributed by atoms with E-state index in [4.69, 9.17) is 11.6 Å². The summed E-state index contributed by atoms with van der Waals surface area (Å²) in [5, 5.41) is 4.98. The van der Waals surface area contributed by atoms with Crippen molar-refractivity contribution in [3.63, 3.8) is 0 Å². The van der Waals surface area contributed by atoms with Gasteiger partial charge in [-0.3, -0.25) is 0 Å². The van der Waals surface area contributed by atoms with Crippen molar-refractivity contribution in [2.45, 2.75) is 13.3 Å². The summed E-state index contributed by atoms with van der Waals surface area (Å²) in [4.78, 5) is 10.5. The largest absolute Gasteiger partial charge is 0.303 e. The van der Waals surface area contributed by atoms with E-state index in [0.717, 1.165) is 23.2 Å². The second-order valence-electron chi connectivity index (χ2n) is 3.51. The van der Waals surface area contributed by atoms with Crippen LogP contribution in [-0.2, 0) is 11.2 Å². The van der Waals surface area contributed by atoms with E-state index in [1.165, 1.54) is 0 Å². The molecule has 0 aliphatic heterocycles. The fraction of sp³-hybridized carbons (Fsp3) is 0.167. The Morgan fingerprint density at radius 1 is 1.44 bits per heavy atom. The molecule has 4 heteroatoms. The highest BCUT2D eigenvalue weighted by Gasteiger charge is 2.07. The molecule has 0 aliphatic rings. The molecule has 0 spiro atoms. The van der Waals surface area contributed by atoms with Crippen LogP contribution in [0.5, 0.6) is 0 Å². The summed E-state index contributed by atoms with van der Waals surface area (Å²) in [7, 11) is 0. The zero-order chi connectivity index (χ0) is 11.5. The van der Waals surface area contributed by atoms with Crippen LogP contribution in [-0.4, -0.2) is 16.1 Å². The van der Waals surface area contributed by atoms with Gasteiger partial charge in [0, 0.05) is 18.2 Å². The molecule has 0 unspecified atom stereocenters. The summed E-state index contributed by atoms with van der Waals surface area (Å²) in [6.45, 7) is 1.88. The van der Waals surface area contributed by atoms with Crippen molar-refractivity contribution in [3.8, 4) is 5.69 Å². The van der Waals surface area contributed by atoms with Gasteiger partial charge < -0.3 is 4.79 Å². The van der Waals surface area contributed by atoms with Gasteiger partial charge in [0.25, 0.3) is 0 Å². The van der Waals surface area contributed by atoms with Crippen LogP contribution in [0.15, 0.2) is 30.5 Å². The molecule has 0 bridgehead atoms. The first-order valence-corrected chi connectivity index (χ1v) is 5.34. The number of para-hydroxylation sites is 1. The molecule has 2 aromatic rings. The van der Waals surface area contributed by atoms with Crippen LogP contribution in [0.25, 0.3) is 5.69 Å². The maximum atomic E-state index is 10.5. The fourth-order valence-corrected chi connectivity index (χ4v) is 1.77. The molecule has 0 saturated carbocycles. The van der Waals surface area contributed by atoms with Crippen molar-refractivity contribution in [1.82, 2.24) is 9.78 Å². The smallest absolute Gasteiger partial charge is 0.124 e. The molecule has 0 aliphatic carbocycles. The van der Waals surface area contributed by atoms with Crippen molar-refractivity contribution in [3.05, 3.63) is 46.7 Å². The van der Waals surface area contributed by atoms with Crippen LogP contribution in [0.3, 0.4) is 0 Å². The number of carbonyl (C=O) groups excluding carboxylic acids is 1. The Morgan fingerprint density at radius 3 is 2.88 bits per heavy atom. The Morgan fingerprint density at radius 2 is 2.19 bits per heavy atom. The molecular formula is C12H11ClN2O. The first-order valence-electron chi connectivity index (χ1n) is 4.96. The third-order valence-electron chi connectivity index (χ3n) is 2.40. The Labute approximate surface area is 98.7 Å². The van der Waals surface area contributed by atoms with Crippen LogP contribution < -0.4 is 0 Å². The van der Waals surface area contributed by atoms with E-state index >= 15 is 0 Å². The van der Waals surface area contributed by atoms with Crippen molar-refractivity contribution < 1.29 is 4.79 Å². The van der Waals surface area contributed by atoms with Crippen LogP contribution in [0.2, 0.25) is 5.02 Å². The lowest BCUT2D eigenvalue weighted by Crippen LogP contribution is -1.95. The molecule has 82 valence electrons. The summed E-state index contributed by atoms with van der Waals surface area (Å²) in [6.07, 6.45) is 3.10. The maximum Gasteiger partial charge on any atom is 0.124 e. The Kier molecular flexibility index (Phi) is 3.06. The molecule has 0 N–H and O–H groups in total. The first-order chi connectivity index (χ1) is 7.72. The van der Waals surface area contributed by atoms with Crippen molar-refractivity contribution in [1.29, 1.82) is 0 Å². The van der Waals surface area contributed by atoms with Crippen molar-refractivity contribution in [2.75, 3.05) is 0 Å². The highest BCUT2D eigenvalue weighted by atomic mass is 35.5. The van der Waals surface area contributed by atoms with Crippen molar-refractivity contribution >= 4 is 17.9 Å². The summed E-state index contributed by atoms with van der Waals surface area (Å²) >= 11 is 6.07. The van der Waals surface area contributed by atoms with Crippen LogP contribution in [0.4, 0.5) is 0 Å². The third kappa shape index (κ3) is 1.99. The maximum absolute atomic E-state index is 10.5. The molecule has 1 aromatic carbocycles. The van der Waals surface area contributed by atoms with Gasteiger partial charge in [0.2, 0.25) is 0 Å². The molecular weight excluding hydrogens is 224 g/mol. The first kappa shape index (κ1) is 10.9. The monoisotopic (exact) mass is 234 g/mol. The van der Waals surface area contributed by atoms with Gasteiger partial charge >= 0.3 is 0 Å². The molecule has 3 nitrogen and oxygen atoms in total. The lowest BCUT2D eigenvalue weighted by atomic mass is 10.2. The van der Waals surface area contributed by atoms with Gasteiger partial charge in [-0.2, -0.15) is 5.10 Å². The van der Waals surface area contributed by atoms with E-state index < -0.39 is 0 Å². The average Bonchev–Trinajstić information content (AvgIpc) is 2.61. The van der Waals surface area contributed by atoms with Gasteiger partial charge in [0.1, 0.15) is 6.29 Å². The summed E-state index contributed by atoms with van der Waals surface area (Å²) < 4.78 is 1.70. The van der Waals surface area contributed by atoms with Gasteiger partial charge in [-0.05, 0) is 19.1 Å². The average molecular weight is 235 g/mol. The Balaban J connectivity index is 2.45. The molecule has 1 aromatic heterocycles. The highest BCUT2D eigenvalue weighted by molar-refractivity contribution is 6.32. The van der Waals surface area contributed by atoms with Gasteiger partial charge in [0.05, 0.1) is 16.4 Å². The van der Waals surface area contributed by atoms with Crippen LogP contribution >= 0.6 is 11.6 Å². The number of carbonyl (C=O) groups is 1. The van der Waals surface area contributed by atoms with Crippen LogP contribution in [0.1, 0.15) is 11.3 Å². The van der Waals surface area contributed by atoms with E-state index in [2.05, 4.69) is 5.10 Å². The van der Waals surface area contributed by atoms with Gasteiger partial charge in [-0.25, -0.2) is 4.68 Å². The van der Waals surface area contributed by atoms with Gasteiger partial charge in [0.15, 0.2) is 0 Å². The summed E-state index contributed by atoms with van der Waals surface area (Å²) in [6, 6.07) is 7.47. The molecule has 0 atom stereocenters. The molecule has 0 radical (unpaired) electrons. The molecule has 0 saturated heterocycles. The SMILES string of the molecule is Cc1nn(-c2ccccc2Cl)cc1CC=O. The molecule has 16 heavy (non-hydrogen) atoms. The number of hydrogen-bond acceptors (Lipinski definition) is 2. The zero-order valence-electron chi connectivity index (χ0n) is 8.85. The molecule has 0 fully saturated rings. The number of aryl methyl sites for hydroxylation is 1. The third-order valence-corrected chi connectivity index (χ3v) is 2.72. The number of aromatic nitrogens is 2. The number of rotatable bonds is 3. The Bertz CT molecular complexity index is 519. The minimum absolute atomic E-state index is 0.385. The number of benzene rings is 1. The lowest BCUT2D eigenvalue weighted by molar-refractivity contribution is -0.107. The quantitative estimate of drug-likeness (QED) is 0.765. The standard InChI is InChI=1S/C12H11ClN2O/c1-9-10(6-7-16)8-15(14-9)12-5-3-2-4-11(12)13/h2-5,7-8H,6H2,1H3.